The molecule has 1 aliphatic rings. The lowest BCUT2D eigenvalue weighted by molar-refractivity contribution is -0.117. The average Bonchev–Trinajstić information content (AvgIpc) is 3.00. The third-order valence-corrected chi connectivity index (χ3v) is 4.99. The monoisotopic (exact) mass is 341 g/mol. The molecule has 0 bridgehead atoms. The average molecular weight is 342 g/mol. The Morgan fingerprint density at radius 1 is 1.53 bits per heavy atom. The molecule has 0 aliphatic carbocycles. The van der Waals surface area contributed by atoms with Crippen molar-refractivity contribution in [2.24, 2.45) is 5.92 Å². The number of fused-ring (bicyclic) bond motifs is 1. The number of ether oxygens (including phenoxy) is 1. The van der Waals surface area contributed by atoms with Crippen molar-refractivity contribution < 1.29 is 9.53 Å². The van der Waals surface area contributed by atoms with Gasteiger partial charge in [0.05, 0.1) is 7.11 Å². The molecule has 1 fully saturated rings. The summed E-state index contributed by atoms with van der Waals surface area (Å²) >= 11 is 4.86. The number of halogens is 1. The Labute approximate surface area is 122 Å². The summed E-state index contributed by atoms with van der Waals surface area (Å²) in [6.07, 6.45) is 0.581. The second-order valence-corrected chi connectivity index (χ2v) is 6.01. The van der Waals surface area contributed by atoms with Gasteiger partial charge < -0.3 is 4.74 Å². The molecule has 1 unspecified atom stereocenters. The minimum atomic E-state index is 0.135. The van der Waals surface area contributed by atoms with Crippen LogP contribution in [0.4, 0.5) is 5.13 Å². The molecule has 3 rings (SSSR count). The third-order valence-electron chi connectivity index (χ3n) is 3.08. The van der Waals surface area contributed by atoms with Gasteiger partial charge in [0, 0.05) is 24.4 Å². The molecule has 0 N–H and O–H groups in total. The summed E-state index contributed by atoms with van der Waals surface area (Å²) in [4.78, 5) is 23.3. The van der Waals surface area contributed by atoms with Crippen LogP contribution in [0.25, 0.3) is 10.3 Å². The fourth-order valence-corrected chi connectivity index (χ4v) is 3.48. The Morgan fingerprint density at radius 3 is 3.05 bits per heavy atom. The number of aromatic nitrogens is 2. The zero-order chi connectivity index (χ0) is 13.4. The van der Waals surface area contributed by atoms with Gasteiger partial charge in [-0.25, -0.2) is 9.97 Å². The molecule has 7 heteroatoms. The van der Waals surface area contributed by atoms with E-state index in [9.17, 15) is 4.79 Å². The highest BCUT2D eigenvalue weighted by atomic mass is 79.9. The number of methoxy groups -OCH3 is 1. The van der Waals surface area contributed by atoms with Crippen LogP contribution in [-0.2, 0) is 4.79 Å². The predicted molar refractivity (Wildman–Crippen MR) is 78.2 cm³/mol. The van der Waals surface area contributed by atoms with E-state index >= 15 is 0 Å². The van der Waals surface area contributed by atoms with Crippen LogP contribution in [0.2, 0.25) is 0 Å². The maximum absolute atomic E-state index is 12.0. The van der Waals surface area contributed by atoms with Crippen LogP contribution < -0.4 is 9.64 Å². The van der Waals surface area contributed by atoms with Crippen molar-refractivity contribution >= 4 is 48.7 Å². The number of carbonyl (C=O) groups is 1. The van der Waals surface area contributed by atoms with Crippen LogP contribution in [0.1, 0.15) is 6.42 Å². The Kier molecular flexibility index (Phi) is 3.40. The second kappa shape index (κ2) is 5.05. The zero-order valence-electron chi connectivity index (χ0n) is 10.3. The van der Waals surface area contributed by atoms with Gasteiger partial charge in [-0.15, -0.1) is 0 Å². The van der Waals surface area contributed by atoms with Crippen molar-refractivity contribution in [2.75, 3.05) is 23.9 Å². The minimum absolute atomic E-state index is 0.135. The van der Waals surface area contributed by atoms with E-state index in [2.05, 4.69) is 25.9 Å². The number of nitrogens with zero attached hydrogens (tertiary/aromatic N) is 3. The first-order valence-electron chi connectivity index (χ1n) is 5.89. The topological polar surface area (TPSA) is 55.3 Å². The molecule has 0 aromatic carbocycles. The lowest BCUT2D eigenvalue weighted by Crippen LogP contribution is -2.24. The fraction of sp³-hybridized carbons (Fsp3) is 0.417. The van der Waals surface area contributed by atoms with Crippen molar-refractivity contribution in [1.29, 1.82) is 0 Å². The van der Waals surface area contributed by atoms with E-state index < -0.39 is 0 Å². The SMILES string of the molecule is COc1ccc2nc(N3CC(CBr)CC3=O)sc2n1. The number of hydrogen-bond acceptors (Lipinski definition) is 5. The standard InChI is InChI=1S/C12H12BrN3O2S/c1-18-9-3-2-8-11(15-9)19-12(14-8)16-6-7(5-13)4-10(16)17/h2-3,7H,4-6H2,1H3. The molecule has 100 valence electrons. The van der Waals surface area contributed by atoms with Gasteiger partial charge in [-0.05, 0) is 12.0 Å². The van der Waals surface area contributed by atoms with E-state index in [1.165, 1.54) is 11.3 Å². The smallest absolute Gasteiger partial charge is 0.229 e. The van der Waals surface area contributed by atoms with E-state index in [-0.39, 0.29) is 5.91 Å². The van der Waals surface area contributed by atoms with Gasteiger partial charge in [0.25, 0.3) is 0 Å². The van der Waals surface area contributed by atoms with Gasteiger partial charge in [-0.3, -0.25) is 9.69 Å². The molecule has 0 spiro atoms. The lowest BCUT2D eigenvalue weighted by atomic mass is 10.2. The van der Waals surface area contributed by atoms with Crippen LogP contribution in [0.5, 0.6) is 5.88 Å². The number of hydrogen-bond donors (Lipinski definition) is 0. The normalized spacial score (nSPS) is 19.4. The van der Waals surface area contributed by atoms with Crippen molar-refractivity contribution in [2.45, 2.75) is 6.42 Å². The molecule has 0 radical (unpaired) electrons. The molecule has 3 heterocycles. The van der Waals surface area contributed by atoms with E-state index in [0.29, 0.717) is 18.2 Å². The fourth-order valence-electron chi connectivity index (χ4n) is 2.09. The van der Waals surface area contributed by atoms with E-state index in [1.807, 2.05) is 6.07 Å². The Balaban J connectivity index is 1.95. The number of thiazole rings is 1. The third kappa shape index (κ3) is 2.32. The maximum Gasteiger partial charge on any atom is 0.229 e. The summed E-state index contributed by atoms with van der Waals surface area (Å²) in [6, 6.07) is 3.64. The van der Waals surface area contributed by atoms with Gasteiger partial charge in [-0.2, -0.15) is 0 Å². The summed E-state index contributed by atoms with van der Waals surface area (Å²) in [5.41, 5.74) is 0.802. The largest absolute Gasteiger partial charge is 0.481 e. The first kappa shape index (κ1) is 12.8. The number of amides is 1. The summed E-state index contributed by atoms with van der Waals surface area (Å²) < 4.78 is 5.09. The van der Waals surface area contributed by atoms with E-state index in [0.717, 1.165) is 27.4 Å². The zero-order valence-corrected chi connectivity index (χ0v) is 12.7. The van der Waals surface area contributed by atoms with Gasteiger partial charge in [-0.1, -0.05) is 27.3 Å². The number of rotatable bonds is 3. The van der Waals surface area contributed by atoms with Gasteiger partial charge in [0.1, 0.15) is 10.3 Å². The lowest BCUT2D eigenvalue weighted by Gasteiger charge is -2.11. The summed E-state index contributed by atoms with van der Waals surface area (Å²) in [7, 11) is 1.58. The Bertz CT molecular complexity index is 630. The molecule has 5 nitrogen and oxygen atoms in total. The van der Waals surface area contributed by atoms with Crippen molar-refractivity contribution in [3.63, 3.8) is 0 Å². The summed E-state index contributed by atoms with van der Waals surface area (Å²) in [5, 5.41) is 1.57. The van der Waals surface area contributed by atoms with Crippen LogP contribution in [-0.4, -0.2) is 34.9 Å². The van der Waals surface area contributed by atoms with Crippen LogP contribution in [0.15, 0.2) is 12.1 Å². The number of anilines is 1. The van der Waals surface area contributed by atoms with E-state index in [4.69, 9.17) is 4.74 Å². The van der Waals surface area contributed by atoms with Crippen LogP contribution in [0, 0.1) is 5.92 Å². The number of pyridine rings is 1. The van der Waals surface area contributed by atoms with Crippen LogP contribution >= 0.6 is 27.3 Å². The van der Waals surface area contributed by atoms with Gasteiger partial charge in [0.15, 0.2) is 5.13 Å². The molecular formula is C12H12BrN3O2S. The molecule has 1 saturated heterocycles. The van der Waals surface area contributed by atoms with Crippen LogP contribution in [0.3, 0.4) is 0 Å². The highest BCUT2D eigenvalue weighted by Crippen LogP contribution is 2.33. The first-order valence-corrected chi connectivity index (χ1v) is 7.83. The Morgan fingerprint density at radius 2 is 2.37 bits per heavy atom. The molecule has 2 aromatic rings. The first-order chi connectivity index (χ1) is 9.21. The van der Waals surface area contributed by atoms with Gasteiger partial charge in [0.2, 0.25) is 11.8 Å². The minimum Gasteiger partial charge on any atom is -0.481 e. The van der Waals surface area contributed by atoms with Crippen molar-refractivity contribution in [1.82, 2.24) is 9.97 Å². The highest BCUT2D eigenvalue weighted by Gasteiger charge is 2.31. The van der Waals surface area contributed by atoms with E-state index in [1.54, 1.807) is 18.1 Å². The summed E-state index contributed by atoms with van der Waals surface area (Å²) in [5.74, 6) is 1.06. The number of carbonyl (C=O) groups excluding carboxylic acids is 1. The predicted octanol–water partition coefficient (Wildman–Crippen LogP) is 2.45. The van der Waals surface area contributed by atoms with Crippen molar-refractivity contribution in [3.8, 4) is 5.88 Å². The molecule has 1 amide bonds. The molecule has 0 saturated carbocycles. The molecular weight excluding hydrogens is 330 g/mol. The van der Waals surface area contributed by atoms with Crippen molar-refractivity contribution in [3.05, 3.63) is 12.1 Å². The molecule has 1 aliphatic heterocycles. The molecule has 19 heavy (non-hydrogen) atoms. The molecule has 2 aromatic heterocycles. The number of alkyl halides is 1. The quantitative estimate of drug-likeness (QED) is 0.804. The maximum atomic E-state index is 12.0. The molecule has 1 atom stereocenters. The Hall–Kier alpha value is -1.21. The summed E-state index contributed by atoms with van der Waals surface area (Å²) in [6.45, 7) is 0.723. The highest BCUT2D eigenvalue weighted by molar-refractivity contribution is 9.09. The second-order valence-electron chi connectivity index (χ2n) is 4.40. The van der Waals surface area contributed by atoms with Gasteiger partial charge >= 0.3 is 0 Å².